The predicted molar refractivity (Wildman–Crippen MR) is 89.3 cm³/mol. The van der Waals surface area contributed by atoms with Gasteiger partial charge in [-0.25, -0.2) is 14.8 Å². The van der Waals surface area contributed by atoms with Crippen LogP contribution in [-0.4, -0.2) is 28.5 Å². The number of carbonyl (C=O) groups excluding carboxylic acids is 2. The number of ether oxygens (including phenoxy) is 1. The molecule has 0 saturated heterocycles. The van der Waals surface area contributed by atoms with E-state index >= 15 is 0 Å². The Balaban J connectivity index is 1.66. The third-order valence-electron chi connectivity index (χ3n) is 3.32. The molecule has 120 valence electrons. The Morgan fingerprint density at radius 1 is 1.04 bits per heavy atom. The summed E-state index contributed by atoms with van der Waals surface area (Å²) in [7, 11) is 0. The lowest BCUT2D eigenvalue weighted by Crippen LogP contribution is -2.22. The zero-order valence-corrected chi connectivity index (χ0v) is 12.6. The van der Waals surface area contributed by atoms with Crippen LogP contribution in [0.15, 0.2) is 54.9 Å². The summed E-state index contributed by atoms with van der Waals surface area (Å²) < 4.78 is 4.92. The highest BCUT2D eigenvalue weighted by Gasteiger charge is 2.15. The fourth-order valence-corrected chi connectivity index (χ4v) is 2.23. The number of nitrogens with zero attached hydrogens (tertiary/aromatic N) is 2. The third kappa shape index (κ3) is 3.30. The lowest BCUT2D eigenvalue weighted by Gasteiger charge is -2.09. The van der Waals surface area contributed by atoms with Gasteiger partial charge >= 0.3 is 5.97 Å². The average molecular weight is 322 g/mol. The van der Waals surface area contributed by atoms with Crippen LogP contribution in [0.25, 0.3) is 10.8 Å². The number of anilines is 2. The number of hydrogen-bond donors (Lipinski definition) is 2. The zero-order valence-electron chi connectivity index (χ0n) is 12.6. The lowest BCUT2D eigenvalue weighted by atomic mass is 10.1. The number of fused-ring (bicyclic) bond motifs is 1. The molecule has 0 aliphatic rings. The summed E-state index contributed by atoms with van der Waals surface area (Å²) in [6.07, 6.45) is 2.68. The number of carbonyl (C=O) groups is 2. The number of hydrogen-bond acceptors (Lipinski definition) is 6. The number of rotatable bonds is 4. The van der Waals surface area contributed by atoms with Crippen molar-refractivity contribution < 1.29 is 14.3 Å². The van der Waals surface area contributed by atoms with E-state index in [1.807, 2.05) is 36.4 Å². The number of amides is 1. The van der Waals surface area contributed by atoms with Crippen LogP contribution in [-0.2, 0) is 9.53 Å². The van der Waals surface area contributed by atoms with Crippen molar-refractivity contribution in [3.05, 3.63) is 60.6 Å². The molecule has 2 aromatic carbocycles. The highest BCUT2D eigenvalue weighted by atomic mass is 16.5. The fraction of sp³-hybridized carbons (Fsp3) is 0.0588. The minimum Gasteiger partial charge on any atom is -0.451 e. The summed E-state index contributed by atoms with van der Waals surface area (Å²) in [5, 5.41) is 4.62. The largest absolute Gasteiger partial charge is 0.451 e. The third-order valence-corrected chi connectivity index (χ3v) is 3.32. The molecule has 3 rings (SSSR count). The summed E-state index contributed by atoms with van der Waals surface area (Å²) in [5.74, 6) is -1.30. The van der Waals surface area contributed by atoms with Gasteiger partial charge in [-0.2, -0.15) is 0 Å². The smallest absolute Gasteiger partial charge is 0.361 e. The maximum atomic E-state index is 12.0. The first-order valence-corrected chi connectivity index (χ1v) is 7.16. The average Bonchev–Trinajstić information content (AvgIpc) is 2.60. The lowest BCUT2D eigenvalue weighted by molar-refractivity contribution is -0.119. The second kappa shape index (κ2) is 6.74. The maximum absolute atomic E-state index is 12.0. The molecule has 0 fully saturated rings. The van der Waals surface area contributed by atoms with Crippen LogP contribution in [0.2, 0.25) is 0 Å². The van der Waals surface area contributed by atoms with E-state index in [0.29, 0.717) is 5.69 Å². The minimum atomic E-state index is -0.798. The highest BCUT2D eigenvalue weighted by molar-refractivity contribution is 6.03. The van der Waals surface area contributed by atoms with Crippen molar-refractivity contribution in [2.24, 2.45) is 0 Å². The Morgan fingerprint density at radius 3 is 2.62 bits per heavy atom. The first-order valence-electron chi connectivity index (χ1n) is 7.16. The van der Waals surface area contributed by atoms with Crippen LogP contribution < -0.4 is 11.1 Å². The van der Waals surface area contributed by atoms with E-state index in [-0.39, 0.29) is 11.5 Å². The van der Waals surface area contributed by atoms with Gasteiger partial charge in [-0.1, -0.05) is 36.4 Å². The van der Waals surface area contributed by atoms with Gasteiger partial charge in [0.2, 0.25) is 0 Å². The first kappa shape index (κ1) is 15.4. The molecule has 24 heavy (non-hydrogen) atoms. The summed E-state index contributed by atoms with van der Waals surface area (Å²) in [6.45, 7) is -0.446. The highest BCUT2D eigenvalue weighted by Crippen LogP contribution is 2.22. The van der Waals surface area contributed by atoms with Crippen molar-refractivity contribution in [2.45, 2.75) is 0 Å². The summed E-state index contributed by atoms with van der Waals surface area (Å²) in [5.41, 5.74) is 6.07. The van der Waals surface area contributed by atoms with E-state index in [9.17, 15) is 9.59 Å². The molecule has 7 nitrogen and oxygen atoms in total. The van der Waals surface area contributed by atoms with Gasteiger partial charge in [0, 0.05) is 23.5 Å². The van der Waals surface area contributed by atoms with Gasteiger partial charge in [0.1, 0.15) is 0 Å². The van der Waals surface area contributed by atoms with Crippen LogP contribution in [0.1, 0.15) is 10.5 Å². The van der Waals surface area contributed by atoms with Crippen molar-refractivity contribution in [1.29, 1.82) is 0 Å². The molecule has 7 heteroatoms. The van der Waals surface area contributed by atoms with Gasteiger partial charge in [0.05, 0.1) is 0 Å². The van der Waals surface area contributed by atoms with Crippen LogP contribution >= 0.6 is 0 Å². The Morgan fingerprint density at radius 2 is 1.79 bits per heavy atom. The van der Waals surface area contributed by atoms with Crippen molar-refractivity contribution in [2.75, 3.05) is 17.7 Å². The molecule has 0 radical (unpaired) electrons. The van der Waals surface area contributed by atoms with E-state index < -0.39 is 18.5 Å². The zero-order chi connectivity index (χ0) is 16.9. The molecule has 1 aromatic heterocycles. The van der Waals surface area contributed by atoms with Crippen LogP contribution in [0.4, 0.5) is 11.5 Å². The Labute approximate surface area is 137 Å². The standard InChI is InChI=1S/C17H14N4O3/c18-16-15(19-8-9-20-16)17(23)24-10-14(22)21-13-7-3-5-11-4-1-2-6-12(11)13/h1-9H,10H2,(H2,18,20)(H,21,22). The topological polar surface area (TPSA) is 107 Å². The molecule has 1 amide bonds. The number of nitrogens with one attached hydrogen (secondary N) is 1. The van der Waals surface area contributed by atoms with Gasteiger partial charge in [-0.15, -0.1) is 0 Å². The number of nitrogen functional groups attached to an aromatic ring is 1. The summed E-state index contributed by atoms with van der Waals surface area (Å²) in [4.78, 5) is 31.4. The van der Waals surface area contributed by atoms with Gasteiger partial charge in [-0.3, -0.25) is 4.79 Å². The monoisotopic (exact) mass is 322 g/mol. The van der Waals surface area contributed by atoms with E-state index in [1.165, 1.54) is 12.4 Å². The molecule has 0 aliphatic heterocycles. The fourth-order valence-electron chi connectivity index (χ4n) is 2.23. The number of aromatic nitrogens is 2. The maximum Gasteiger partial charge on any atom is 0.361 e. The molecule has 1 heterocycles. The molecule has 0 bridgehead atoms. The van der Waals surface area contributed by atoms with Gasteiger partial charge in [0.25, 0.3) is 5.91 Å². The molecule has 0 unspecified atom stereocenters. The summed E-state index contributed by atoms with van der Waals surface area (Å²) >= 11 is 0. The molecular weight excluding hydrogens is 308 g/mol. The van der Waals surface area contributed by atoms with Crippen LogP contribution in [0.3, 0.4) is 0 Å². The second-order valence-corrected chi connectivity index (χ2v) is 4.94. The van der Waals surface area contributed by atoms with Crippen LogP contribution in [0.5, 0.6) is 0 Å². The molecule has 3 aromatic rings. The summed E-state index contributed by atoms with van der Waals surface area (Å²) in [6, 6.07) is 13.2. The Bertz CT molecular complexity index is 906. The number of esters is 1. The predicted octanol–water partition coefficient (Wildman–Crippen LogP) is 2.01. The normalized spacial score (nSPS) is 10.3. The van der Waals surface area contributed by atoms with Crippen molar-refractivity contribution in [3.63, 3.8) is 0 Å². The van der Waals surface area contributed by atoms with Gasteiger partial charge < -0.3 is 15.8 Å². The quantitative estimate of drug-likeness (QED) is 0.711. The van der Waals surface area contributed by atoms with Crippen LogP contribution in [0, 0.1) is 0 Å². The second-order valence-electron chi connectivity index (χ2n) is 4.94. The first-order chi connectivity index (χ1) is 11.6. The SMILES string of the molecule is Nc1nccnc1C(=O)OCC(=O)Nc1cccc2ccccc12. The van der Waals surface area contributed by atoms with E-state index in [0.717, 1.165) is 10.8 Å². The Kier molecular flexibility index (Phi) is 4.33. The minimum absolute atomic E-state index is 0.0445. The van der Waals surface area contributed by atoms with E-state index in [4.69, 9.17) is 10.5 Å². The molecular formula is C17H14N4O3. The van der Waals surface area contributed by atoms with Crippen molar-refractivity contribution in [1.82, 2.24) is 9.97 Å². The molecule has 0 saturated carbocycles. The molecule has 3 N–H and O–H groups in total. The van der Waals surface area contributed by atoms with E-state index in [1.54, 1.807) is 6.07 Å². The number of benzene rings is 2. The number of nitrogens with two attached hydrogens (primary N) is 1. The molecule has 0 spiro atoms. The van der Waals surface area contributed by atoms with Crippen molar-refractivity contribution >= 4 is 34.2 Å². The van der Waals surface area contributed by atoms with E-state index in [2.05, 4.69) is 15.3 Å². The van der Waals surface area contributed by atoms with Gasteiger partial charge in [0.15, 0.2) is 18.1 Å². The van der Waals surface area contributed by atoms with Gasteiger partial charge in [-0.05, 0) is 11.5 Å². The molecule has 0 aliphatic carbocycles. The van der Waals surface area contributed by atoms with Crippen molar-refractivity contribution in [3.8, 4) is 0 Å². The Hall–Kier alpha value is -3.48. The molecule has 0 atom stereocenters.